The Balaban J connectivity index is 1.60. The summed E-state index contributed by atoms with van der Waals surface area (Å²) in [5.74, 6) is 0.654. The summed E-state index contributed by atoms with van der Waals surface area (Å²) in [6.45, 7) is 6.85. The molecule has 2 aromatic rings. The van der Waals surface area contributed by atoms with Gasteiger partial charge in [-0.25, -0.2) is 9.97 Å². The van der Waals surface area contributed by atoms with Crippen molar-refractivity contribution in [3.63, 3.8) is 0 Å². The minimum absolute atomic E-state index is 0.0597. The van der Waals surface area contributed by atoms with Crippen molar-refractivity contribution >= 4 is 28.5 Å². The molecule has 0 amide bonds. The smallest absolute Gasteiger partial charge is 0.164 e. The minimum atomic E-state index is -0.516. The van der Waals surface area contributed by atoms with Crippen molar-refractivity contribution in [2.24, 2.45) is 11.8 Å². The summed E-state index contributed by atoms with van der Waals surface area (Å²) < 4.78 is 14.5. The molecule has 3 fully saturated rings. The zero-order chi connectivity index (χ0) is 16.6. The first kappa shape index (κ1) is 14.9. The monoisotopic (exact) mass is 348 g/mol. The van der Waals surface area contributed by atoms with Gasteiger partial charge in [0.2, 0.25) is 0 Å². The highest BCUT2D eigenvalue weighted by molar-refractivity contribution is 6.30. The molecule has 7 heteroatoms. The van der Waals surface area contributed by atoms with E-state index < -0.39 is 5.79 Å². The van der Waals surface area contributed by atoms with Gasteiger partial charge in [-0.05, 0) is 39.0 Å². The van der Waals surface area contributed by atoms with Crippen LogP contribution in [-0.2, 0) is 9.47 Å². The van der Waals surface area contributed by atoms with Crippen molar-refractivity contribution in [2.75, 3.05) is 11.9 Å². The van der Waals surface area contributed by atoms with E-state index in [1.165, 1.54) is 6.42 Å². The summed E-state index contributed by atoms with van der Waals surface area (Å²) >= 11 is 6.25. The molecule has 2 aliphatic carbocycles. The number of hydrogen-bond donors (Lipinski definition) is 1. The molecule has 2 saturated carbocycles. The molecule has 3 aliphatic rings. The Labute approximate surface area is 145 Å². The van der Waals surface area contributed by atoms with E-state index in [0.29, 0.717) is 17.0 Å². The second kappa shape index (κ2) is 4.84. The number of fused-ring (bicyclic) bond motifs is 4. The molecule has 6 nitrogen and oxygen atoms in total. The molecule has 0 spiro atoms. The van der Waals surface area contributed by atoms with E-state index in [1.54, 1.807) is 0 Å². The van der Waals surface area contributed by atoms with Crippen LogP contribution in [0, 0.1) is 11.8 Å². The van der Waals surface area contributed by atoms with Crippen molar-refractivity contribution in [3.8, 4) is 0 Å². The molecule has 24 heavy (non-hydrogen) atoms. The van der Waals surface area contributed by atoms with E-state index in [4.69, 9.17) is 21.1 Å². The van der Waals surface area contributed by atoms with Crippen LogP contribution in [0.15, 0.2) is 12.4 Å². The Bertz CT molecular complexity index is 820. The Morgan fingerprint density at radius 3 is 2.92 bits per heavy atom. The van der Waals surface area contributed by atoms with Crippen molar-refractivity contribution in [3.05, 3.63) is 17.5 Å². The number of nitrogens with one attached hydrogen (secondary N) is 1. The maximum absolute atomic E-state index is 6.25. The molecule has 5 atom stereocenters. The highest BCUT2D eigenvalue weighted by Crippen LogP contribution is 2.63. The van der Waals surface area contributed by atoms with Gasteiger partial charge in [0.15, 0.2) is 11.4 Å². The zero-order valence-electron chi connectivity index (χ0n) is 14.0. The number of nitrogens with zero attached hydrogens (tertiary/aromatic N) is 3. The van der Waals surface area contributed by atoms with Crippen molar-refractivity contribution < 1.29 is 9.47 Å². The third-order valence-corrected chi connectivity index (χ3v) is 5.63. The van der Waals surface area contributed by atoms with Gasteiger partial charge in [-0.1, -0.05) is 11.6 Å². The van der Waals surface area contributed by atoms with Gasteiger partial charge in [-0.15, -0.1) is 0 Å². The molecule has 1 saturated heterocycles. The number of rotatable bonds is 3. The summed E-state index contributed by atoms with van der Waals surface area (Å²) in [5.41, 5.74) is 2.61. The van der Waals surface area contributed by atoms with Gasteiger partial charge in [-0.3, -0.25) is 0 Å². The second-order valence-electron chi connectivity index (χ2n) is 7.47. The van der Waals surface area contributed by atoms with Crippen LogP contribution >= 0.6 is 11.6 Å². The van der Waals surface area contributed by atoms with Crippen LogP contribution in [0.25, 0.3) is 11.2 Å². The van der Waals surface area contributed by atoms with Crippen LogP contribution < -0.4 is 5.32 Å². The summed E-state index contributed by atoms with van der Waals surface area (Å²) in [6, 6.07) is 2.05. The van der Waals surface area contributed by atoms with Crippen molar-refractivity contribution in [2.45, 2.75) is 51.2 Å². The van der Waals surface area contributed by atoms with Crippen LogP contribution in [0.1, 0.15) is 33.2 Å². The lowest BCUT2D eigenvalue weighted by Gasteiger charge is -2.24. The normalized spacial score (nSPS) is 35.9. The lowest BCUT2D eigenvalue weighted by Crippen LogP contribution is -2.30. The number of aromatic nitrogens is 3. The van der Waals surface area contributed by atoms with E-state index in [1.807, 2.05) is 26.2 Å². The quantitative estimate of drug-likeness (QED) is 0.863. The van der Waals surface area contributed by atoms with Gasteiger partial charge in [0.1, 0.15) is 16.8 Å². The predicted molar refractivity (Wildman–Crippen MR) is 91.2 cm³/mol. The molecule has 1 aliphatic heterocycles. The number of hydrogen-bond acceptors (Lipinski definition) is 5. The summed E-state index contributed by atoms with van der Waals surface area (Å²) in [6.07, 6.45) is 3.31. The molecule has 0 aromatic carbocycles. The van der Waals surface area contributed by atoms with Crippen LogP contribution in [0.5, 0.6) is 0 Å². The molecular formula is C17H21ClN4O2. The van der Waals surface area contributed by atoms with Gasteiger partial charge in [0.25, 0.3) is 0 Å². The highest BCUT2D eigenvalue weighted by atomic mass is 35.5. The fraction of sp³-hybridized carbons (Fsp3) is 0.647. The topological polar surface area (TPSA) is 61.2 Å². The van der Waals surface area contributed by atoms with Crippen LogP contribution in [-0.4, -0.2) is 39.1 Å². The fourth-order valence-electron chi connectivity index (χ4n) is 4.55. The van der Waals surface area contributed by atoms with E-state index in [9.17, 15) is 0 Å². The van der Waals surface area contributed by atoms with Crippen molar-refractivity contribution in [1.29, 1.82) is 0 Å². The first-order valence-corrected chi connectivity index (χ1v) is 8.99. The van der Waals surface area contributed by atoms with Crippen LogP contribution in [0.2, 0.25) is 5.15 Å². The molecule has 5 rings (SSSR count). The molecule has 0 bridgehead atoms. The van der Waals surface area contributed by atoms with Gasteiger partial charge < -0.3 is 19.4 Å². The van der Waals surface area contributed by atoms with Gasteiger partial charge in [0.05, 0.1) is 24.2 Å². The molecule has 2 aromatic heterocycles. The van der Waals surface area contributed by atoms with Gasteiger partial charge >= 0.3 is 0 Å². The van der Waals surface area contributed by atoms with E-state index in [-0.39, 0.29) is 18.2 Å². The second-order valence-corrected chi connectivity index (χ2v) is 7.85. The van der Waals surface area contributed by atoms with E-state index >= 15 is 0 Å². The average molecular weight is 349 g/mol. The average Bonchev–Trinajstić information content (AvgIpc) is 2.93. The minimum Gasteiger partial charge on any atom is -0.383 e. The standard InChI is InChI=1S/C17H21ClN4O2/c1-4-19-10-6-11(18)21-16-12(10)20-7-22(16)13-8-5-9(8)14-15(13)24-17(2,3)23-14/h6-9,13-15H,4-5H2,1-3H3,(H,19,21)/t8-,9+,13+,14+,15-/m0/s1. The highest BCUT2D eigenvalue weighted by Gasteiger charge is 2.66. The van der Waals surface area contributed by atoms with Crippen molar-refractivity contribution in [1.82, 2.24) is 14.5 Å². The Hall–Kier alpha value is -1.37. The Kier molecular flexibility index (Phi) is 3.01. The molecular weight excluding hydrogens is 328 g/mol. The third-order valence-electron chi connectivity index (χ3n) is 5.44. The van der Waals surface area contributed by atoms with Gasteiger partial charge in [0, 0.05) is 12.6 Å². The first-order chi connectivity index (χ1) is 11.5. The number of pyridine rings is 1. The Morgan fingerprint density at radius 2 is 2.12 bits per heavy atom. The molecule has 1 N–H and O–H groups in total. The number of halogens is 1. The Morgan fingerprint density at radius 1 is 1.33 bits per heavy atom. The maximum atomic E-state index is 6.25. The first-order valence-electron chi connectivity index (χ1n) is 8.61. The van der Waals surface area contributed by atoms with E-state index in [2.05, 4.69) is 26.8 Å². The van der Waals surface area contributed by atoms with Crippen LogP contribution in [0.4, 0.5) is 5.69 Å². The number of imidazole rings is 1. The fourth-order valence-corrected chi connectivity index (χ4v) is 4.74. The number of anilines is 1. The molecule has 3 heterocycles. The van der Waals surface area contributed by atoms with E-state index in [0.717, 1.165) is 23.4 Å². The van der Waals surface area contributed by atoms with Gasteiger partial charge in [-0.2, -0.15) is 0 Å². The largest absolute Gasteiger partial charge is 0.383 e. The lowest BCUT2D eigenvalue weighted by molar-refractivity contribution is -0.156. The summed E-state index contributed by atoms with van der Waals surface area (Å²) in [4.78, 5) is 9.17. The number of ether oxygens (including phenoxy) is 2. The summed E-state index contributed by atoms with van der Waals surface area (Å²) in [5, 5.41) is 3.80. The predicted octanol–water partition coefficient (Wildman–Crippen LogP) is 3.23. The van der Waals surface area contributed by atoms with Crippen LogP contribution in [0.3, 0.4) is 0 Å². The SMILES string of the molecule is CCNc1cc(Cl)nc2c1ncn2[C@@H]1[C@H]2C[C@H]2[C@H]2OC(C)(C)O[C@H]21. The molecule has 0 unspecified atom stereocenters. The summed E-state index contributed by atoms with van der Waals surface area (Å²) in [7, 11) is 0. The lowest BCUT2D eigenvalue weighted by atomic mass is 10.1. The molecule has 128 valence electrons. The zero-order valence-corrected chi connectivity index (χ0v) is 14.7. The molecule has 0 radical (unpaired) electrons. The maximum Gasteiger partial charge on any atom is 0.164 e. The third kappa shape index (κ3) is 2.03.